The number of anilines is 1. The standard InChI is InChI=1S/C29H29N5O7S/c1-4-38-25(35)13-21-16-42-29(30-21)31-26(36)20-11-23(39-15-19-9-10-34(3)28(19)37)14-24(12-20)41-22-7-5-18(6-8-22)27-33-32-17(2)40-27/h5-8,11-12,14,16,19H,4,9-10,13,15H2,1-3H3,(H,30,31,36). The lowest BCUT2D eigenvalue weighted by molar-refractivity contribution is -0.142. The maximum absolute atomic E-state index is 13.2. The van der Waals surface area contributed by atoms with Crippen LogP contribution in [-0.2, 0) is 20.7 Å². The summed E-state index contributed by atoms with van der Waals surface area (Å²) >= 11 is 1.20. The Labute approximate surface area is 245 Å². The maximum atomic E-state index is 13.2. The van der Waals surface area contributed by atoms with Crippen LogP contribution in [0.15, 0.2) is 52.3 Å². The van der Waals surface area contributed by atoms with Gasteiger partial charge in [0.15, 0.2) is 5.13 Å². The van der Waals surface area contributed by atoms with Crippen LogP contribution in [0, 0.1) is 12.8 Å². The Balaban J connectivity index is 1.33. The van der Waals surface area contributed by atoms with Crippen LogP contribution in [-0.4, -0.2) is 64.7 Å². The minimum atomic E-state index is -0.443. The monoisotopic (exact) mass is 591 g/mol. The van der Waals surface area contributed by atoms with Crippen LogP contribution in [0.25, 0.3) is 11.5 Å². The van der Waals surface area contributed by atoms with Gasteiger partial charge >= 0.3 is 5.97 Å². The lowest BCUT2D eigenvalue weighted by Gasteiger charge is -2.14. The number of thiazole rings is 1. The van der Waals surface area contributed by atoms with Crippen molar-refractivity contribution in [2.24, 2.45) is 5.92 Å². The number of benzene rings is 2. The highest BCUT2D eigenvalue weighted by atomic mass is 32.1. The van der Waals surface area contributed by atoms with Crippen molar-refractivity contribution in [3.8, 4) is 28.7 Å². The molecule has 0 radical (unpaired) electrons. The fourth-order valence-corrected chi connectivity index (χ4v) is 4.99. The highest BCUT2D eigenvalue weighted by molar-refractivity contribution is 7.14. The molecule has 218 valence electrons. The van der Waals surface area contributed by atoms with Gasteiger partial charge in [-0.3, -0.25) is 19.7 Å². The third kappa shape index (κ3) is 7.10. The number of likely N-dealkylation sites (tertiary alicyclic amines) is 1. The molecule has 3 heterocycles. The fourth-order valence-electron chi connectivity index (χ4n) is 4.28. The Bertz CT molecular complexity index is 1580. The van der Waals surface area contributed by atoms with Gasteiger partial charge in [0.25, 0.3) is 5.91 Å². The minimum Gasteiger partial charge on any atom is -0.493 e. The molecule has 1 aliphatic rings. The number of carbonyl (C=O) groups excluding carboxylic acids is 3. The van der Waals surface area contributed by atoms with E-state index in [9.17, 15) is 14.4 Å². The summed E-state index contributed by atoms with van der Waals surface area (Å²) in [7, 11) is 1.76. The molecule has 13 heteroatoms. The molecule has 1 aliphatic heterocycles. The first-order valence-corrected chi connectivity index (χ1v) is 14.2. The van der Waals surface area contributed by atoms with Crippen molar-refractivity contribution in [3.63, 3.8) is 0 Å². The molecule has 1 unspecified atom stereocenters. The minimum absolute atomic E-state index is 0.0154. The molecule has 1 atom stereocenters. The van der Waals surface area contributed by atoms with E-state index in [0.717, 1.165) is 5.56 Å². The Morgan fingerprint density at radius 3 is 2.60 bits per heavy atom. The number of amides is 2. The number of nitrogens with one attached hydrogen (secondary N) is 1. The number of hydrogen-bond acceptors (Lipinski definition) is 11. The predicted molar refractivity (Wildman–Crippen MR) is 153 cm³/mol. The van der Waals surface area contributed by atoms with E-state index in [1.165, 1.54) is 11.3 Å². The van der Waals surface area contributed by atoms with Gasteiger partial charge in [0.2, 0.25) is 17.7 Å². The summed E-state index contributed by atoms with van der Waals surface area (Å²) < 4.78 is 22.5. The number of aromatic nitrogens is 3. The van der Waals surface area contributed by atoms with Crippen molar-refractivity contribution in [2.45, 2.75) is 26.7 Å². The Kier molecular flexibility index (Phi) is 8.77. The molecule has 2 aromatic carbocycles. The van der Waals surface area contributed by atoms with Crippen LogP contribution < -0.4 is 14.8 Å². The van der Waals surface area contributed by atoms with Crippen molar-refractivity contribution in [3.05, 3.63) is 65.0 Å². The van der Waals surface area contributed by atoms with E-state index in [1.807, 2.05) is 0 Å². The van der Waals surface area contributed by atoms with Crippen molar-refractivity contribution >= 4 is 34.3 Å². The molecular formula is C29H29N5O7S. The first kappa shape index (κ1) is 28.7. The number of carbonyl (C=O) groups is 3. The van der Waals surface area contributed by atoms with E-state index < -0.39 is 5.91 Å². The molecule has 1 saturated heterocycles. The second kappa shape index (κ2) is 12.8. The smallest absolute Gasteiger partial charge is 0.311 e. The van der Waals surface area contributed by atoms with Gasteiger partial charge in [-0.05, 0) is 49.7 Å². The highest BCUT2D eigenvalue weighted by Crippen LogP contribution is 2.31. The van der Waals surface area contributed by atoms with Crippen molar-refractivity contribution in [1.82, 2.24) is 20.1 Å². The number of ether oxygens (including phenoxy) is 3. The Hall–Kier alpha value is -4.78. The molecule has 12 nitrogen and oxygen atoms in total. The molecule has 2 amide bonds. The average molecular weight is 592 g/mol. The molecule has 42 heavy (non-hydrogen) atoms. The topological polar surface area (TPSA) is 146 Å². The highest BCUT2D eigenvalue weighted by Gasteiger charge is 2.29. The summed E-state index contributed by atoms with van der Waals surface area (Å²) in [6, 6.07) is 11.9. The maximum Gasteiger partial charge on any atom is 0.311 e. The summed E-state index contributed by atoms with van der Waals surface area (Å²) in [5, 5.41) is 12.7. The van der Waals surface area contributed by atoms with Gasteiger partial charge in [-0.1, -0.05) is 0 Å². The van der Waals surface area contributed by atoms with E-state index in [4.69, 9.17) is 18.6 Å². The second-order valence-corrected chi connectivity index (χ2v) is 10.4. The van der Waals surface area contributed by atoms with Gasteiger partial charge in [-0.15, -0.1) is 21.5 Å². The molecule has 0 spiro atoms. The molecule has 1 fully saturated rings. The molecule has 4 aromatic rings. The Morgan fingerprint density at radius 1 is 1.12 bits per heavy atom. The van der Waals surface area contributed by atoms with Crippen LogP contribution in [0.2, 0.25) is 0 Å². The van der Waals surface area contributed by atoms with Crippen molar-refractivity contribution in [2.75, 3.05) is 32.1 Å². The van der Waals surface area contributed by atoms with E-state index >= 15 is 0 Å². The first-order chi connectivity index (χ1) is 20.3. The van der Waals surface area contributed by atoms with Gasteiger partial charge in [-0.2, -0.15) is 0 Å². The zero-order valence-electron chi connectivity index (χ0n) is 23.3. The number of hydrogen-bond donors (Lipinski definition) is 1. The first-order valence-electron chi connectivity index (χ1n) is 13.3. The van der Waals surface area contributed by atoms with E-state index in [2.05, 4.69) is 20.5 Å². The van der Waals surface area contributed by atoms with Crippen LogP contribution in [0.1, 0.15) is 35.3 Å². The van der Waals surface area contributed by atoms with Gasteiger partial charge in [0.05, 0.1) is 31.2 Å². The Morgan fingerprint density at radius 2 is 1.90 bits per heavy atom. The predicted octanol–water partition coefficient (Wildman–Crippen LogP) is 4.51. The summed E-state index contributed by atoms with van der Waals surface area (Å²) in [6.07, 6.45) is 0.713. The largest absolute Gasteiger partial charge is 0.493 e. The van der Waals surface area contributed by atoms with Gasteiger partial charge in [0.1, 0.15) is 17.2 Å². The van der Waals surface area contributed by atoms with Crippen molar-refractivity contribution < 1.29 is 33.0 Å². The van der Waals surface area contributed by atoms with Crippen LogP contribution in [0.4, 0.5) is 5.13 Å². The van der Waals surface area contributed by atoms with Gasteiger partial charge < -0.3 is 23.5 Å². The zero-order chi connectivity index (χ0) is 29.6. The van der Waals surface area contributed by atoms with E-state index in [0.29, 0.717) is 52.8 Å². The van der Waals surface area contributed by atoms with E-state index in [-0.39, 0.29) is 43.0 Å². The number of nitrogens with zero attached hydrogens (tertiary/aromatic N) is 4. The molecule has 0 bridgehead atoms. The normalized spacial score (nSPS) is 14.6. The van der Waals surface area contributed by atoms with Crippen LogP contribution >= 0.6 is 11.3 Å². The number of rotatable bonds is 11. The molecule has 5 rings (SSSR count). The average Bonchev–Trinajstić information content (AvgIpc) is 3.69. The number of esters is 1. The summed E-state index contributed by atoms with van der Waals surface area (Å²) in [5.41, 5.74) is 1.50. The van der Waals surface area contributed by atoms with Gasteiger partial charge in [0, 0.05) is 43.1 Å². The quantitative estimate of drug-likeness (QED) is 0.247. The second-order valence-electron chi connectivity index (χ2n) is 9.58. The molecular weight excluding hydrogens is 562 g/mol. The van der Waals surface area contributed by atoms with E-state index in [1.54, 1.807) is 73.6 Å². The lowest BCUT2D eigenvalue weighted by atomic mass is 10.1. The lowest BCUT2D eigenvalue weighted by Crippen LogP contribution is -2.25. The third-order valence-corrected chi connectivity index (χ3v) is 7.20. The summed E-state index contributed by atoms with van der Waals surface area (Å²) in [4.78, 5) is 43.3. The fraction of sp³-hybridized carbons (Fsp3) is 0.310. The molecule has 0 aliphatic carbocycles. The third-order valence-electron chi connectivity index (χ3n) is 6.40. The summed E-state index contributed by atoms with van der Waals surface area (Å²) in [5.74, 6) is 1.04. The molecule has 0 saturated carbocycles. The SMILES string of the molecule is CCOC(=O)Cc1csc(NC(=O)c2cc(OCC3CCN(C)C3=O)cc(Oc3ccc(-c4nnc(C)o4)cc3)c2)n1. The van der Waals surface area contributed by atoms with Crippen LogP contribution in [0.5, 0.6) is 17.2 Å². The molecule has 1 N–H and O–H groups in total. The van der Waals surface area contributed by atoms with Crippen molar-refractivity contribution in [1.29, 1.82) is 0 Å². The number of aryl methyl sites for hydroxylation is 1. The zero-order valence-corrected chi connectivity index (χ0v) is 24.1. The van der Waals surface area contributed by atoms with Gasteiger partial charge in [-0.25, -0.2) is 4.98 Å². The van der Waals surface area contributed by atoms with Crippen LogP contribution in [0.3, 0.4) is 0 Å². The summed E-state index contributed by atoms with van der Waals surface area (Å²) in [6.45, 7) is 4.58. The molecule has 2 aromatic heterocycles.